The zero-order chi connectivity index (χ0) is 23.8. The minimum atomic E-state index is -2.76. The summed E-state index contributed by atoms with van der Waals surface area (Å²) in [5.41, 5.74) is 0.338. The Morgan fingerprint density at radius 2 is 1.97 bits per heavy atom. The molecule has 1 aromatic carbocycles. The number of carbonyl (C=O) groups excluding carboxylic acids is 2. The lowest BCUT2D eigenvalue weighted by molar-refractivity contribution is -0.119. The second-order valence-corrected chi connectivity index (χ2v) is 7.95. The lowest BCUT2D eigenvalue weighted by atomic mass is 10.2. The Kier molecular flexibility index (Phi) is 8.66. The standard InChI is InChI=1S/C21H23F2N5O3S/c1-4-28-20(31)16(32-21(28)15(9-24)19(30)26-11-17(22)23)10-25-13-6-5-7-14(8-13)27-18(29)12(2)3/h5-8,10,12,17,25H,4,11H2,1-3H3,(H,26,30)(H,27,29). The van der Waals surface area contributed by atoms with Crippen LogP contribution in [0.25, 0.3) is 11.8 Å². The highest BCUT2D eigenvalue weighted by atomic mass is 32.1. The molecule has 3 N–H and O–H groups in total. The molecule has 0 radical (unpaired) electrons. The first-order valence-corrected chi connectivity index (χ1v) is 10.6. The number of halogens is 2. The summed E-state index contributed by atoms with van der Waals surface area (Å²) in [5.74, 6) is -1.28. The minimum Gasteiger partial charge on any atom is -0.360 e. The first-order valence-electron chi connectivity index (χ1n) is 9.76. The molecule has 1 heterocycles. The first-order chi connectivity index (χ1) is 15.2. The number of rotatable bonds is 8. The van der Waals surface area contributed by atoms with Gasteiger partial charge in [-0.05, 0) is 25.1 Å². The second-order valence-electron chi connectivity index (χ2n) is 6.92. The van der Waals surface area contributed by atoms with Gasteiger partial charge < -0.3 is 16.0 Å². The van der Waals surface area contributed by atoms with E-state index in [0.29, 0.717) is 11.4 Å². The third kappa shape index (κ3) is 6.24. The van der Waals surface area contributed by atoms with Gasteiger partial charge in [-0.3, -0.25) is 19.0 Å². The van der Waals surface area contributed by atoms with Crippen LogP contribution in [0.4, 0.5) is 20.2 Å². The van der Waals surface area contributed by atoms with Crippen molar-refractivity contribution < 1.29 is 18.4 Å². The van der Waals surface area contributed by atoms with Gasteiger partial charge in [0.2, 0.25) is 5.91 Å². The smallest absolute Gasteiger partial charge is 0.270 e. The highest BCUT2D eigenvalue weighted by molar-refractivity contribution is 7.07. The zero-order valence-corrected chi connectivity index (χ0v) is 18.6. The maximum atomic E-state index is 12.7. The first kappa shape index (κ1) is 24.7. The van der Waals surface area contributed by atoms with E-state index in [1.54, 1.807) is 51.1 Å². The van der Waals surface area contributed by atoms with E-state index >= 15 is 0 Å². The van der Waals surface area contributed by atoms with Gasteiger partial charge in [0.25, 0.3) is 17.9 Å². The highest BCUT2D eigenvalue weighted by Crippen LogP contribution is 2.15. The molecule has 0 saturated carbocycles. The van der Waals surface area contributed by atoms with Gasteiger partial charge in [0, 0.05) is 30.0 Å². The van der Waals surface area contributed by atoms with Crippen LogP contribution in [-0.4, -0.2) is 29.4 Å². The molecule has 0 spiro atoms. The number of hydrogen-bond acceptors (Lipinski definition) is 6. The minimum absolute atomic E-state index is 0.0813. The van der Waals surface area contributed by atoms with Gasteiger partial charge >= 0.3 is 0 Å². The van der Waals surface area contributed by atoms with Crippen LogP contribution in [0.3, 0.4) is 0 Å². The molecule has 2 amide bonds. The summed E-state index contributed by atoms with van der Waals surface area (Å²) >= 11 is 0.899. The van der Waals surface area contributed by atoms with E-state index in [-0.39, 0.29) is 27.6 Å². The number of hydrogen-bond donors (Lipinski definition) is 3. The molecule has 2 rings (SSSR count). The highest BCUT2D eigenvalue weighted by Gasteiger charge is 2.16. The van der Waals surface area contributed by atoms with Crippen molar-refractivity contribution in [2.24, 2.45) is 5.92 Å². The lowest BCUT2D eigenvalue weighted by Gasteiger charge is -2.09. The predicted octanol–water partition coefficient (Wildman–Crippen LogP) is 1.43. The van der Waals surface area contributed by atoms with Crippen molar-refractivity contribution in [2.75, 3.05) is 17.2 Å². The van der Waals surface area contributed by atoms with Crippen LogP contribution < -0.4 is 30.7 Å². The number of nitrogens with one attached hydrogen (secondary N) is 3. The van der Waals surface area contributed by atoms with Gasteiger partial charge in [0.05, 0.1) is 6.54 Å². The van der Waals surface area contributed by atoms with Crippen molar-refractivity contribution in [2.45, 2.75) is 33.7 Å². The van der Waals surface area contributed by atoms with Crippen molar-refractivity contribution in [1.29, 1.82) is 5.26 Å². The Bertz CT molecular complexity index is 1210. The summed E-state index contributed by atoms with van der Waals surface area (Å²) < 4.78 is 26.3. The number of carbonyl (C=O) groups is 2. The third-order valence-electron chi connectivity index (χ3n) is 4.22. The van der Waals surface area contributed by atoms with E-state index in [1.807, 2.05) is 5.32 Å². The molecule has 11 heteroatoms. The molecule has 32 heavy (non-hydrogen) atoms. The Labute approximate surface area is 186 Å². The number of nitrogens with zero attached hydrogens (tertiary/aromatic N) is 2. The number of aromatic nitrogens is 1. The number of anilines is 2. The molecule has 0 unspecified atom stereocenters. The van der Waals surface area contributed by atoms with Crippen LogP contribution in [0.2, 0.25) is 0 Å². The molecule has 0 fully saturated rings. The molecule has 0 aliphatic rings. The van der Waals surface area contributed by atoms with E-state index in [4.69, 9.17) is 0 Å². The number of thiazole rings is 1. The largest absolute Gasteiger partial charge is 0.360 e. The van der Waals surface area contributed by atoms with Crippen LogP contribution in [0.15, 0.2) is 29.1 Å². The van der Waals surface area contributed by atoms with Crippen molar-refractivity contribution >= 4 is 46.3 Å². The third-order valence-corrected chi connectivity index (χ3v) is 5.35. The van der Waals surface area contributed by atoms with Gasteiger partial charge in [-0.1, -0.05) is 19.9 Å². The van der Waals surface area contributed by atoms with E-state index < -0.39 is 30.0 Å². The van der Waals surface area contributed by atoms with Crippen molar-refractivity contribution in [1.82, 2.24) is 9.88 Å². The average molecular weight is 464 g/mol. The molecule has 0 bridgehead atoms. The van der Waals surface area contributed by atoms with Crippen molar-refractivity contribution in [3.05, 3.63) is 43.8 Å². The summed E-state index contributed by atoms with van der Waals surface area (Å²) in [6.07, 6.45) is -1.33. The molecule has 0 aliphatic heterocycles. The molecule has 170 valence electrons. The van der Waals surface area contributed by atoms with Crippen molar-refractivity contribution in [3.8, 4) is 6.07 Å². The van der Waals surface area contributed by atoms with Crippen LogP contribution in [0, 0.1) is 17.2 Å². The van der Waals surface area contributed by atoms with Gasteiger partial charge in [0.15, 0.2) is 5.57 Å². The van der Waals surface area contributed by atoms with Crippen LogP contribution in [0.1, 0.15) is 20.8 Å². The molecule has 0 atom stereocenters. The van der Waals surface area contributed by atoms with E-state index in [9.17, 15) is 28.4 Å². The Morgan fingerprint density at radius 1 is 1.28 bits per heavy atom. The van der Waals surface area contributed by atoms with Gasteiger partial charge in [-0.25, -0.2) is 8.78 Å². The second kappa shape index (κ2) is 11.2. The molecule has 0 saturated heterocycles. The Balaban J connectivity index is 2.41. The lowest BCUT2D eigenvalue weighted by Crippen LogP contribution is -2.35. The average Bonchev–Trinajstić information content (AvgIpc) is 3.06. The van der Waals surface area contributed by atoms with Crippen LogP contribution in [0.5, 0.6) is 0 Å². The molecular formula is C21H23F2N5O3S. The Morgan fingerprint density at radius 3 is 2.56 bits per heavy atom. The molecule has 1 aromatic heterocycles. The topological polar surface area (TPSA) is 116 Å². The zero-order valence-electron chi connectivity index (χ0n) is 17.7. The van der Waals surface area contributed by atoms with E-state index in [0.717, 1.165) is 11.3 Å². The number of alkyl halides is 2. The summed E-state index contributed by atoms with van der Waals surface area (Å²) in [5, 5.41) is 17.1. The predicted molar refractivity (Wildman–Crippen MR) is 120 cm³/mol. The van der Waals surface area contributed by atoms with Gasteiger partial charge in [-0.15, -0.1) is 11.3 Å². The van der Waals surface area contributed by atoms with Gasteiger partial charge in [-0.2, -0.15) is 5.26 Å². The molecule has 2 aromatic rings. The molecule has 0 aliphatic carbocycles. The van der Waals surface area contributed by atoms with E-state index in [1.165, 1.54) is 10.8 Å². The maximum absolute atomic E-state index is 12.7. The summed E-state index contributed by atoms with van der Waals surface area (Å²) in [6.45, 7) is 4.51. The summed E-state index contributed by atoms with van der Waals surface area (Å²) in [4.78, 5) is 36.7. The van der Waals surface area contributed by atoms with Gasteiger partial charge in [0.1, 0.15) is 15.3 Å². The monoisotopic (exact) mass is 463 g/mol. The number of nitriles is 1. The normalized spacial score (nSPS) is 12.5. The maximum Gasteiger partial charge on any atom is 0.270 e. The fourth-order valence-corrected chi connectivity index (χ4v) is 3.65. The SMILES string of the molecule is CCn1c(=C(C#N)C(=O)NCC(F)F)sc(=CNc2cccc(NC(=O)C(C)C)c2)c1=O. The number of amides is 2. The number of benzene rings is 1. The van der Waals surface area contributed by atoms with Crippen molar-refractivity contribution in [3.63, 3.8) is 0 Å². The molecular weight excluding hydrogens is 440 g/mol. The summed E-state index contributed by atoms with van der Waals surface area (Å²) in [6, 6.07) is 8.58. The van der Waals surface area contributed by atoms with Crippen LogP contribution in [-0.2, 0) is 16.1 Å². The van der Waals surface area contributed by atoms with E-state index in [2.05, 4.69) is 10.6 Å². The molecule has 8 nitrogen and oxygen atoms in total. The fraction of sp³-hybridized carbons (Fsp3) is 0.333. The van der Waals surface area contributed by atoms with Crippen LogP contribution >= 0.6 is 11.3 Å². The fourth-order valence-electron chi connectivity index (χ4n) is 2.57. The quantitative estimate of drug-likeness (QED) is 0.548. The summed E-state index contributed by atoms with van der Waals surface area (Å²) in [7, 11) is 0. The Hall–Kier alpha value is -3.52.